The first-order valence-electron chi connectivity index (χ1n) is 4.36. The third-order valence-corrected chi connectivity index (χ3v) is 3.75. The fraction of sp³-hybridized carbons (Fsp3) is 0.222. The van der Waals surface area contributed by atoms with Crippen LogP contribution in [0.4, 0.5) is 4.39 Å². The van der Waals surface area contributed by atoms with Crippen molar-refractivity contribution in [3.05, 3.63) is 29.6 Å². The van der Waals surface area contributed by atoms with E-state index in [4.69, 9.17) is 5.11 Å². The molecular weight excluding hydrogens is 253 g/mol. The minimum Gasteiger partial charge on any atom is -0.478 e. The van der Waals surface area contributed by atoms with Gasteiger partial charge in [-0.25, -0.2) is 17.6 Å². The van der Waals surface area contributed by atoms with E-state index in [1.165, 1.54) is 0 Å². The highest BCUT2D eigenvalue weighted by molar-refractivity contribution is 7.89. The summed E-state index contributed by atoms with van der Waals surface area (Å²) in [6.07, 6.45) is 0. The summed E-state index contributed by atoms with van der Waals surface area (Å²) in [5.41, 5.74) is -0.325. The van der Waals surface area contributed by atoms with Crippen molar-refractivity contribution in [3.8, 4) is 0 Å². The molecule has 0 aliphatic carbocycles. The third-order valence-electron chi connectivity index (χ3n) is 2.05. The van der Waals surface area contributed by atoms with Gasteiger partial charge >= 0.3 is 5.97 Å². The number of carbonyl (C=O) groups is 1. The van der Waals surface area contributed by atoms with Gasteiger partial charge in [0.25, 0.3) is 10.0 Å². The highest BCUT2D eigenvalue weighted by Crippen LogP contribution is 2.19. The van der Waals surface area contributed by atoms with Gasteiger partial charge in [-0.3, -0.25) is 4.84 Å². The monoisotopic (exact) mass is 263 g/mol. The van der Waals surface area contributed by atoms with Crippen LogP contribution in [0.15, 0.2) is 23.1 Å². The molecule has 0 saturated carbocycles. The van der Waals surface area contributed by atoms with Gasteiger partial charge < -0.3 is 5.11 Å². The Kier molecular flexibility index (Phi) is 3.81. The van der Waals surface area contributed by atoms with Crippen molar-refractivity contribution in [2.75, 3.05) is 14.2 Å². The number of halogens is 1. The number of sulfonamides is 1. The molecule has 1 aromatic rings. The van der Waals surface area contributed by atoms with Crippen LogP contribution in [-0.2, 0) is 14.9 Å². The Labute approximate surface area is 97.2 Å². The van der Waals surface area contributed by atoms with Gasteiger partial charge in [-0.2, -0.15) is 0 Å². The zero-order chi connectivity index (χ0) is 13.2. The molecule has 1 aromatic carbocycles. The first-order valence-corrected chi connectivity index (χ1v) is 5.80. The highest BCUT2D eigenvalue weighted by Gasteiger charge is 2.25. The summed E-state index contributed by atoms with van der Waals surface area (Å²) in [4.78, 5) is 14.4. The van der Waals surface area contributed by atoms with Crippen LogP contribution >= 0.6 is 0 Å². The van der Waals surface area contributed by atoms with E-state index >= 15 is 0 Å². The first-order chi connectivity index (χ1) is 7.80. The number of nitrogens with zero attached hydrogens (tertiary/aromatic N) is 1. The number of benzene rings is 1. The molecule has 0 atom stereocenters. The van der Waals surface area contributed by atoms with Gasteiger partial charge in [-0.05, 0) is 18.2 Å². The molecule has 0 aliphatic rings. The number of carboxylic acid groups (broad SMARTS) is 1. The fourth-order valence-corrected chi connectivity index (χ4v) is 2.13. The van der Waals surface area contributed by atoms with Gasteiger partial charge in [0, 0.05) is 7.05 Å². The molecular formula is C9H10FNO5S. The Bertz CT molecular complexity index is 542. The molecule has 17 heavy (non-hydrogen) atoms. The van der Waals surface area contributed by atoms with Crippen LogP contribution in [0.25, 0.3) is 0 Å². The van der Waals surface area contributed by atoms with E-state index in [1.807, 2.05) is 0 Å². The van der Waals surface area contributed by atoms with Crippen LogP contribution < -0.4 is 0 Å². The van der Waals surface area contributed by atoms with E-state index in [9.17, 15) is 17.6 Å². The Morgan fingerprint density at radius 3 is 2.53 bits per heavy atom. The third kappa shape index (κ3) is 2.60. The van der Waals surface area contributed by atoms with Crippen LogP contribution in [0, 0.1) is 5.82 Å². The molecule has 0 fully saturated rings. The second-order valence-electron chi connectivity index (χ2n) is 3.05. The molecule has 0 amide bonds. The maximum atomic E-state index is 13.4. The van der Waals surface area contributed by atoms with Crippen molar-refractivity contribution >= 4 is 16.0 Å². The standard InChI is InChI=1S/C9H10FNO5S/c1-11(16-2)17(14,15)8-5-6(9(12)13)3-4-7(8)10/h3-5H,1-2H3,(H,12,13). The lowest BCUT2D eigenvalue weighted by Gasteiger charge is -2.14. The molecule has 8 heteroatoms. The minimum absolute atomic E-state index is 0.325. The van der Waals surface area contributed by atoms with Crippen LogP contribution in [0.5, 0.6) is 0 Å². The predicted octanol–water partition coefficient (Wildman–Crippen LogP) is 0.706. The van der Waals surface area contributed by atoms with Crippen molar-refractivity contribution < 1.29 is 27.5 Å². The van der Waals surface area contributed by atoms with E-state index in [-0.39, 0.29) is 5.56 Å². The molecule has 0 heterocycles. The molecule has 0 aromatic heterocycles. The molecule has 6 nitrogen and oxygen atoms in total. The van der Waals surface area contributed by atoms with Gasteiger partial charge in [-0.1, -0.05) is 4.47 Å². The van der Waals surface area contributed by atoms with Gasteiger partial charge in [0.1, 0.15) is 10.7 Å². The Balaban J connectivity index is 3.40. The predicted molar refractivity (Wildman–Crippen MR) is 55.3 cm³/mol. The fourth-order valence-electron chi connectivity index (χ4n) is 1.07. The summed E-state index contributed by atoms with van der Waals surface area (Å²) in [6, 6.07) is 2.49. The molecule has 0 unspecified atom stereocenters. The lowest BCUT2D eigenvalue weighted by molar-refractivity contribution is -0.0260. The van der Waals surface area contributed by atoms with Crippen molar-refractivity contribution in [1.82, 2.24) is 4.47 Å². The first kappa shape index (κ1) is 13.6. The number of aromatic carboxylic acids is 1. The van der Waals surface area contributed by atoms with Crippen LogP contribution in [-0.4, -0.2) is 38.1 Å². The summed E-state index contributed by atoms with van der Waals surface area (Å²) in [7, 11) is -2.04. The van der Waals surface area contributed by atoms with Crippen LogP contribution in [0.3, 0.4) is 0 Å². The topological polar surface area (TPSA) is 83.9 Å². The zero-order valence-electron chi connectivity index (χ0n) is 9.05. The Morgan fingerprint density at radius 2 is 2.06 bits per heavy atom. The second-order valence-corrected chi connectivity index (χ2v) is 4.95. The highest BCUT2D eigenvalue weighted by atomic mass is 32.2. The average molecular weight is 263 g/mol. The zero-order valence-corrected chi connectivity index (χ0v) is 9.86. The molecule has 0 radical (unpaired) electrons. The molecule has 94 valence electrons. The molecule has 0 bridgehead atoms. The van der Waals surface area contributed by atoms with E-state index in [2.05, 4.69) is 4.84 Å². The molecule has 0 aliphatic heterocycles. The average Bonchev–Trinajstić information content (AvgIpc) is 2.27. The lowest BCUT2D eigenvalue weighted by atomic mass is 10.2. The van der Waals surface area contributed by atoms with E-state index in [0.29, 0.717) is 4.47 Å². The molecule has 1 rings (SSSR count). The van der Waals surface area contributed by atoms with Gasteiger partial charge in [0.2, 0.25) is 0 Å². The SMILES string of the molecule is CON(C)S(=O)(=O)c1cc(C(=O)O)ccc1F. The normalized spacial score (nSPS) is 11.8. The van der Waals surface area contributed by atoms with Gasteiger partial charge in [0.15, 0.2) is 0 Å². The Morgan fingerprint density at radius 1 is 1.47 bits per heavy atom. The maximum Gasteiger partial charge on any atom is 0.335 e. The van der Waals surface area contributed by atoms with E-state index in [0.717, 1.165) is 32.4 Å². The van der Waals surface area contributed by atoms with Crippen LogP contribution in [0.2, 0.25) is 0 Å². The number of hydrogen-bond acceptors (Lipinski definition) is 4. The summed E-state index contributed by atoms with van der Waals surface area (Å²) in [5, 5.41) is 8.70. The van der Waals surface area contributed by atoms with E-state index < -0.39 is 26.7 Å². The maximum absolute atomic E-state index is 13.4. The van der Waals surface area contributed by atoms with Gasteiger partial charge in [-0.15, -0.1) is 0 Å². The number of carboxylic acids is 1. The summed E-state index contributed by atoms with van der Waals surface area (Å²) in [6.45, 7) is 0. The van der Waals surface area contributed by atoms with Crippen molar-refractivity contribution in [2.45, 2.75) is 4.90 Å². The molecule has 0 spiro atoms. The van der Waals surface area contributed by atoms with Crippen molar-refractivity contribution in [3.63, 3.8) is 0 Å². The summed E-state index contributed by atoms with van der Waals surface area (Å²) < 4.78 is 37.3. The number of hydrogen-bond donors (Lipinski definition) is 1. The second kappa shape index (κ2) is 4.78. The van der Waals surface area contributed by atoms with Gasteiger partial charge in [0.05, 0.1) is 12.7 Å². The summed E-state index contributed by atoms with van der Waals surface area (Å²) >= 11 is 0. The summed E-state index contributed by atoms with van der Waals surface area (Å²) in [5.74, 6) is -2.39. The number of rotatable bonds is 4. The Hall–Kier alpha value is -1.51. The molecule has 0 saturated heterocycles. The lowest BCUT2D eigenvalue weighted by Crippen LogP contribution is -2.26. The quantitative estimate of drug-likeness (QED) is 0.808. The molecule has 1 N–H and O–H groups in total. The van der Waals surface area contributed by atoms with Crippen molar-refractivity contribution in [1.29, 1.82) is 0 Å². The smallest absolute Gasteiger partial charge is 0.335 e. The largest absolute Gasteiger partial charge is 0.478 e. The minimum atomic E-state index is -4.20. The van der Waals surface area contributed by atoms with E-state index in [1.54, 1.807) is 0 Å². The van der Waals surface area contributed by atoms with Crippen molar-refractivity contribution in [2.24, 2.45) is 0 Å². The van der Waals surface area contributed by atoms with Crippen LogP contribution in [0.1, 0.15) is 10.4 Å². The number of hydroxylamine groups is 1.